The number of rotatable bonds is 4. The second kappa shape index (κ2) is 7.91. The van der Waals surface area contributed by atoms with Crippen LogP contribution in [0.25, 0.3) is 10.2 Å². The maximum absolute atomic E-state index is 13.0. The van der Waals surface area contributed by atoms with Crippen LogP contribution in [0.2, 0.25) is 0 Å². The number of carbonyl (C=O) groups excluding carboxylic acids is 1. The highest BCUT2D eigenvalue weighted by atomic mass is 32.2. The van der Waals surface area contributed by atoms with Crippen LogP contribution in [0.15, 0.2) is 59.1 Å². The average Bonchev–Trinajstić information content (AvgIpc) is 3.46. The van der Waals surface area contributed by atoms with E-state index >= 15 is 0 Å². The molecule has 6 nitrogen and oxygen atoms in total. The van der Waals surface area contributed by atoms with Gasteiger partial charge in [0.1, 0.15) is 6.04 Å². The lowest BCUT2D eigenvalue weighted by molar-refractivity contribution is -0.138. The van der Waals surface area contributed by atoms with Crippen molar-refractivity contribution in [1.29, 1.82) is 0 Å². The fourth-order valence-electron chi connectivity index (χ4n) is 3.58. The van der Waals surface area contributed by atoms with E-state index in [2.05, 4.69) is 10.1 Å². The number of amides is 1. The number of hydrogen-bond donors (Lipinski definition) is 1. The Bertz CT molecular complexity index is 1290. The molecule has 1 unspecified atom stereocenters. The van der Waals surface area contributed by atoms with Gasteiger partial charge < -0.3 is 10.6 Å². The molecule has 5 rings (SSSR count). The van der Waals surface area contributed by atoms with Gasteiger partial charge in [-0.05, 0) is 35.9 Å². The van der Waals surface area contributed by atoms with Crippen molar-refractivity contribution in [2.75, 3.05) is 0 Å². The zero-order chi connectivity index (χ0) is 22.5. The van der Waals surface area contributed by atoms with Gasteiger partial charge in [-0.15, -0.1) is 11.3 Å². The Morgan fingerprint density at radius 3 is 2.81 bits per heavy atom. The monoisotopic (exact) mass is 475 g/mol. The molecule has 1 atom stereocenters. The second-order valence-corrected chi connectivity index (χ2v) is 9.29. The third kappa shape index (κ3) is 3.98. The summed E-state index contributed by atoms with van der Waals surface area (Å²) in [7, 11) is 0. The standard InChI is InChI=1S/C21H16F3N5OS2/c22-21(23,24)14-3-1-2-12(6-14)19(25)20(30)28-8-13-9-29(27-17(13)10-28)32-15-4-5-16-18(7-15)31-11-26-16/h1-7,9,11,19H,8,10,25H2. The van der Waals surface area contributed by atoms with Gasteiger partial charge in [0.25, 0.3) is 0 Å². The molecule has 0 saturated carbocycles. The van der Waals surface area contributed by atoms with E-state index in [0.717, 1.165) is 38.5 Å². The van der Waals surface area contributed by atoms with Crippen LogP contribution >= 0.6 is 23.3 Å². The Morgan fingerprint density at radius 1 is 1.19 bits per heavy atom. The Balaban J connectivity index is 1.27. The summed E-state index contributed by atoms with van der Waals surface area (Å²) in [6.45, 7) is 0.581. The van der Waals surface area contributed by atoms with E-state index < -0.39 is 23.7 Å². The lowest BCUT2D eigenvalue weighted by Crippen LogP contribution is -2.35. The number of aromatic nitrogens is 3. The number of carbonyl (C=O) groups is 1. The predicted molar refractivity (Wildman–Crippen MR) is 116 cm³/mol. The molecule has 1 aliphatic heterocycles. The predicted octanol–water partition coefficient (Wildman–Crippen LogP) is 4.61. The van der Waals surface area contributed by atoms with Crippen LogP contribution in [-0.2, 0) is 24.1 Å². The molecular formula is C21H16F3N5OS2. The molecule has 32 heavy (non-hydrogen) atoms. The van der Waals surface area contributed by atoms with Gasteiger partial charge >= 0.3 is 6.18 Å². The van der Waals surface area contributed by atoms with Crippen molar-refractivity contribution in [1.82, 2.24) is 19.1 Å². The molecule has 0 aliphatic carbocycles. The van der Waals surface area contributed by atoms with E-state index in [1.54, 1.807) is 20.9 Å². The Labute approximate surface area is 189 Å². The lowest BCUT2D eigenvalue weighted by atomic mass is 10.0. The van der Waals surface area contributed by atoms with E-state index in [0.29, 0.717) is 6.54 Å². The molecule has 4 aromatic rings. The van der Waals surface area contributed by atoms with Gasteiger partial charge in [0.15, 0.2) is 0 Å². The summed E-state index contributed by atoms with van der Waals surface area (Å²) in [4.78, 5) is 19.6. The molecular weight excluding hydrogens is 459 g/mol. The molecule has 0 spiro atoms. The molecule has 2 N–H and O–H groups in total. The van der Waals surface area contributed by atoms with Crippen LogP contribution in [0.5, 0.6) is 0 Å². The maximum atomic E-state index is 13.0. The van der Waals surface area contributed by atoms with Crippen molar-refractivity contribution < 1.29 is 18.0 Å². The summed E-state index contributed by atoms with van der Waals surface area (Å²) in [5, 5.41) is 4.55. The van der Waals surface area contributed by atoms with Crippen molar-refractivity contribution in [3.05, 3.63) is 76.6 Å². The summed E-state index contributed by atoms with van der Waals surface area (Å²) in [6.07, 6.45) is -2.63. The first kappa shape index (κ1) is 21.0. The Morgan fingerprint density at radius 2 is 2.03 bits per heavy atom. The molecule has 11 heteroatoms. The number of nitrogens with two attached hydrogens (primary N) is 1. The molecule has 2 aromatic heterocycles. The SMILES string of the molecule is NC(C(=O)N1Cc2cn(Sc3ccc4ncsc4c3)nc2C1)c1cccc(C(F)(F)F)c1. The second-order valence-electron chi connectivity index (χ2n) is 7.37. The number of thiazole rings is 1. The Kier molecular flexibility index (Phi) is 5.19. The number of fused-ring (bicyclic) bond motifs is 2. The third-order valence-electron chi connectivity index (χ3n) is 5.21. The van der Waals surface area contributed by atoms with Crippen molar-refractivity contribution in [3.8, 4) is 0 Å². The zero-order valence-electron chi connectivity index (χ0n) is 16.4. The van der Waals surface area contributed by atoms with Crippen molar-refractivity contribution in [2.24, 2.45) is 5.73 Å². The van der Waals surface area contributed by atoms with E-state index in [1.807, 2.05) is 24.4 Å². The van der Waals surface area contributed by atoms with Crippen LogP contribution in [-0.4, -0.2) is 25.0 Å². The minimum absolute atomic E-state index is 0.133. The summed E-state index contributed by atoms with van der Waals surface area (Å²) in [6, 6.07) is 9.39. The van der Waals surface area contributed by atoms with Crippen LogP contribution in [0, 0.1) is 0 Å². The highest BCUT2D eigenvalue weighted by molar-refractivity contribution is 7.97. The molecule has 164 valence electrons. The molecule has 0 fully saturated rings. The van der Waals surface area contributed by atoms with E-state index in [4.69, 9.17) is 5.73 Å². The summed E-state index contributed by atoms with van der Waals surface area (Å²) >= 11 is 3.03. The number of benzene rings is 2. The lowest BCUT2D eigenvalue weighted by Gasteiger charge is -2.21. The number of halogens is 3. The van der Waals surface area contributed by atoms with Crippen molar-refractivity contribution in [3.63, 3.8) is 0 Å². The summed E-state index contributed by atoms with van der Waals surface area (Å²) in [5.74, 6) is -0.433. The van der Waals surface area contributed by atoms with Crippen molar-refractivity contribution >= 4 is 39.4 Å². The summed E-state index contributed by atoms with van der Waals surface area (Å²) in [5.41, 5.74) is 9.71. The third-order valence-corrected chi connectivity index (χ3v) is 6.84. The molecule has 3 heterocycles. The van der Waals surface area contributed by atoms with Crippen LogP contribution in [0.3, 0.4) is 0 Å². The fourth-order valence-corrected chi connectivity index (χ4v) is 5.20. The van der Waals surface area contributed by atoms with Crippen LogP contribution < -0.4 is 5.73 Å². The van der Waals surface area contributed by atoms with E-state index in [9.17, 15) is 18.0 Å². The van der Waals surface area contributed by atoms with E-state index in [1.165, 1.54) is 29.0 Å². The largest absolute Gasteiger partial charge is 0.416 e. The smallest absolute Gasteiger partial charge is 0.331 e. The molecule has 0 bridgehead atoms. The molecule has 1 amide bonds. The molecule has 0 saturated heterocycles. The molecule has 2 aromatic carbocycles. The van der Waals surface area contributed by atoms with Gasteiger partial charge in [0.2, 0.25) is 5.91 Å². The number of alkyl halides is 3. The normalized spacial score (nSPS) is 14.7. The van der Waals surface area contributed by atoms with Crippen molar-refractivity contribution in [2.45, 2.75) is 30.2 Å². The zero-order valence-corrected chi connectivity index (χ0v) is 18.0. The fraction of sp³-hybridized carbons (Fsp3) is 0.190. The quantitative estimate of drug-likeness (QED) is 0.467. The number of nitrogens with zero attached hydrogens (tertiary/aromatic N) is 4. The van der Waals surface area contributed by atoms with Gasteiger partial charge in [-0.1, -0.05) is 12.1 Å². The van der Waals surface area contributed by atoms with Gasteiger partial charge in [0.05, 0.1) is 33.5 Å². The number of hydrogen-bond acceptors (Lipinski definition) is 6. The van der Waals surface area contributed by atoms with E-state index in [-0.39, 0.29) is 12.1 Å². The van der Waals surface area contributed by atoms with Gasteiger partial charge in [-0.3, -0.25) is 4.79 Å². The molecule has 1 aliphatic rings. The maximum Gasteiger partial charge on any atom is 0.416 e. The van der Waals surface area contributed by atoms with Gasteiger partial charge in [-0.2, -0.15) is 18.3 Å². The summed E-state index contributed by atoms with van der Waals surface area (Å²) < 4.78 is 41.8. The first-order chi connectivity index (χ1) is 15.3. The average molecular weight is 476 g/mol. The topological polar surface area (TPSA) is 77.0 Å². The highest BCUT2D eigenvalue weighted by Gasteiger charge is 2.33. The van der Waals surface area contributed by atoms with Gasteiger partial charge in [0, 0.05) is 35.1 Å². The first-order valence-corrected chi connectivity index (χ1v) is 11.2. The first-order valence-electron chi connectivity index (χ1n) is 9.58. The minimum atomic E-state index is -4.49. The van der Waals surface area contributed by atoms with Crippen LogP contribution in [0.1, 0.15) is 28.4 Å². The van der Waals surface area contributed by atoms with Crippen LogP contribution in [0.4, 0.5) is 13.2 Å². The van der Waals surface area contributed by atoms with Gasteiger partial charge in [-0.25, -0.2) is 9.07 Å². The Hall–Kier alpha value is -2.89. The minimum Gasteiger partial charge on any atom is -0.331 e. The highest BCUT2D eigenvalue weighted by Crippen LogP contribution is 2.32. The molecule has 0 radical (unpaired) electrons.